The lowest BCUT2D eigenvalue weighted by Crippen LogP contribution is -2.42. The maximum absolute atomic E-state index is 9.59. The molecule has 2 N–H and O–H groups in total. The van der Waals surface area contributed by atoms with Gasteiger partial charge in [0, 0.05) is 30.3 Å². The molecule has 1 aliphatic rings. The van der Waals surface area contributed by atoms with Crippen LogP contribution in [0.4, 0.5) is 11.8 Å². The van der Waals surface area contributed by atoms with E-state index < -0.39 is 0 Å². The number of hydrogen-bond acceptors (Lipinski definition) is 5. The molecule has 1 aromatic carbocycles. The largest absolute Gasteiger partial charge is 0.394 e. The number of aryl methyl sites for hydroxylation is 1. The predicted octanol–water partition coefficient (Wildman–Crippen LogP) is 3.51. The molecule has 0 radical (unpaired) electrons. The molecule has 0 amide bonds. The topological polar surface area (TPSA) is 61.3 Å². The third-order valence-electron chi connectivity index (χ3n) is 5.17. The standard InChI is InChI=1S/C21H30N4O/c1-14(2)18(12-26)23-20-22-15(3)10-19(24-20)25-11-16-8-6-7-9-17(16)21(4,5)13-25/h6-10,14,18,26H,11-13H2,1-5H3,(H,22,23,24)/t18-/m1/s1. The van der Waals surface area contributed by atoms with Gasteiger partial charge in [-0.15, -0.1) is 0 Å². The molecule has 5 nitrogen and oxygen atoms in total. The van der Waals surface area contributed by atoms with Gasteiger partial charge in [-0.1, -0.05) is 52.0 Å². The van der Waals surface area contributed by atoms with E-state index in [0.29, 0.717) is 11.9 Å². The van der Waals surface area contributed by atoms with Crippen molar-refractivity contribution in [1.82, 2.24) is 9.97 Å². The van der Waals surface area contributed by atoms with E-state index >= 15 is 0 Å². The fourth-order valence-electron chi connectivity index (χ4n) is 3.67. The first kappa shape index (κ1) is 18.6. The average Bonchev–Trinajstić information content (AvgIpc) is 2.58. The third-order valence-corrected chi connectivity index (χ3v) is 5.17. The van der Waals surface area contributed by atoms with Crippen molar-refractivity contribution < 1.29 is 5.11 Å². The van der Waals surface area contributed by atoms with E-state index in [-0.39, 0.29) is 18.1 Å². The van der Waals surface area contributed by atoms with E-state index in [2.05, 4.69) is 67.2 Å². The van der Waals surface area contributed by atoms with Crippen molar-refractivity contribution >= 4 is 11.8 Å². The number of benzene rings is 1. The lowest BCUT2D eigenvalue weighted by atomic mass is 9.78. The third kappa shape index (κ3) is 3.83. The van der Waals surface area contributed by atoms with Gasteiger partial charge >= 0.3 is 0 Å². The Hall–Kier alpha value is -2.14. The van der Waals surface area contributed by atoms with Gasteiger partial charge in [0.25, 0.3) is 0 Å². The maximum Gasteiger partial charge on any atom is 0.225 e. The zero-order valence-electron chi connectivity index (χ0n) is 16.5. The van der Waals surface area contributed by atoms with Gasteiger partial charge in [-0.2, -0.15) is 4.98 Å². The molecule has 3 rings (SSSR count). The minimum absolute atomic E-state index is 0.0526. The van der Waals surface area contributed by atoms with E-state index in [1.165, 1.54) is 11.1 Å². The summed E-state index contributed by atoms with van der Waals surface area (Å²) >= 11 is 0. The fraction of sp³-hybridized carbons (Fsp3) is 0.524. The molecule has 1 atom stereocenters. The molecule has 0 aliphatic carbocycles. The second-order valence-electron chi connectivity index (χ2n) is 8.27. The van der Waals surface area contributed by atoms with Gasteiger partial charge in [-0.05, 0) is 24.0 Å². The Morgan fingerprint density at radius 3 is 2.65 bits per heavy atom. The highest BCUT2D eigenvalue weighted by Gasteiger charge is 2.32. The van der Waals surface area contributed by atoms with Crippen LogP contribution in [0.25, 0.3) is 0 Å². The second-order valence-corrected chi connectivity index (χ2v) is 8.27. The highest BCUT2D eigenvalue weighted by Crippen LogP contribution is 2.35. The first-order chi connectivity index (χ1) is 12.3. The summed E-state index contributed by atoms with van der Waals surface area (Å²) in [7, 11) is 0. The second kappa shape index (κ2) is 7.23. The van der Waals surface area contributed by atoms with Crippen LogP contribution < -0.4 is 10.2 Å². The summed E-state index contributed by atoms with van der Waals surface area (Å²) in [4.78, 5) is 11.6. The van der Waals surface area contributed by atoms with Gasteiger partial charge in [-0.3, -0.25) is 0 Å². The Balaban J connectivity index is 1.90. The molecule has 5 heteroatoms. The Kier molecular flexibility index (Phi) is 5.19. The number of rotatable bonds is 5. The molecule has 1 aromatic heterocycles. The van der Waals surface area contributed by atoms with Gasteiger partial charge in [-0.25, -0.2) is 4.98 Å². The lowest BCUT2D eigenvalue weighted by molar-refractivity contribution is 0.248. The summed E-state index contributed by atoms with van der Waals surface area (Å²) in [6, 6.07) is 10.6. The summed E-state index contributed by atoms with van der Waals surface area (Å²) in [5, 5.41) is 12.9. The molecule has 0 saturated heterocycles. The van der Waals surface area contributed by atoms with Gasteiger partial charge in [0.05, 0.1) is 12.6 Å². The Morgan fingerprint density at radius 2 is 1.96 bits per heavy atom. The van der Waals surface area contributed by atoms with Crippen molar-refractivity contribution in [3.05, 3.63) is 47.2 Å². The van der Waals surface area contributed by atoms with Crippen LogP contribution in [0.1, 0.15) is 44.5 Å². The molecule has 0 saturated carbocycles. The zero-order valence-corrected chi connectivity index (χ0v) is 16.5. The van der Waals surface area contributed by atoms with Crippen LogP contribution in [0, 0.1) is 12.8 Å². The van der Waals surface area contributed by atoms with Crippen LogP contribution in [-0.4, -0.2) is 34.3 Å². The normalized spacial score (nSPS) is 17.1. The molecular weight excluding hydrogens is 324 g/mol. The first-order valence-corrected chi connectivity index (χ1v) is 9.36. The number of aromatic nitrogens is 2. The number of nitrogens with one attached hydrogen (secondary N) is 1. The molecule has 26 heavy (non-hydrogen) atoms. The van der Waals surface area contributed by atoms with Crippen molar-refractivity contribution in [3.63, 3.8) is 0 Å². The minimum atomic E-state index is -0.0526. The smallest absolute Gasteiger partial charge is 0.225 e. The van der Waals surface area contributed by atoms with Crippen LogP contribution in [0.15, 0.2) is 30.3 Å². The number of hydrogen-bond donors (Lipinski definition) is 2. The average molecular weight is 354 g/mol. The minimum Gasteiger partial charge on any atom is -0.394 e. The lowest BCUT2D eigenvalue weighted by Gasteiger charge is -2.40. The van der Waals surface area contributed by atoms with E-state index in [1.807, 2.05) is 13.0 Å². The number of fused-ring (bicyclic) bond motifs is 1. The van der Waals surface area contributed by atoms with Crippen molar-refractivity contribution in [2.24, 2.45) is 5.92 Å². The van der Waals surface area contributed by atoms with Crippen molar-refractivity contribution in [2.75, 3.05) is 23.4 Å². The highest BCUT2D eigenvalue weighted by molar-refractivity contribution is 5.50. The van der Waals surface area contributed by atoms with Gasteiger partial charge in [0.15, 0.2) is 0 Å². The van der Waals surface area contributed by atoms with Crippen LogP contribution in [0.2, 0.25) is 0 Å². The summed E-state index contributed by atoms with van der Waals surface area (Å²) in [6.07, 6.45) is 0. The van der Waals surface area contributed by atoms with E-state index in [1.54, 1.807) is 0 Å². The van der Waals surface area contributed by atoms with Crippen molar-refractivity contribution in [2.45, 2.75) is 52.6 Å². The molecular formula is C21H30N4O. The number of anilines is 2. The zero-order chi connectivity index (χ0) is 18.9. The summed E-state index contributed by atoms with van der Waals surface area (Å²) in [5.41, 5.74) is 3.76. The SMILES string of the molecule is Cc1cc(N2Cc3ccccc3C(C)(C)C2)nc(N[C@H](CO)C(C)C)n1. The number of aliphatic hydroxyl groups is 1. The molecule has 2 aromatic rings. The van der Waals surface area contributed by atoms with Gasteiger partial charge in [0.2, 0.25) is 5.95 Å². The van der Waals surface area contributed by atoms with E-state index in [0.717, 1.165) is 24.6 Å². The van der Waals surface area contributed by atoms with Crippen LogP contribution in [-0.2, 0) is 12.0 Å². The summed E-state index contributed by atoms with van der Waals surface area (Å²) < 4.78 is 0. The van der Waals surface area contributed by atoms with E-state index in [4.69, 9.17) is 4.98 Å². The summed E-state index contributed by atoms with van der Waals surface area (Å²) in [5.74, 6) is 1.82. The summed E-state index contributed by atoms with van der Waals surface area (Å²) in [6.45, 7) is 12.5. The van der Waals surface area contributed by atoms with Crippen molar-refractivity contribution in [1.29, 1.82) is 0 Å². The molecule has 140 valence electrons. The van der Waals surface area contributed by atoms with E-state index in [9.17, 15) is 5.11 Å². The Labute approximate surface area is 156 Å². The van der Waals surface area contributed by atoms with Crippen LogP contribution in [0.3, 0.4) is 0 Å². The fourth-order valence-corrected chi connectivity index (χ4v) is 3.67. The number of nitrogens with zero attached hydrogens (tertiary/aromatic N) is 3. The molecule has 1 aliphatic heterocycles. The molecule has 0 unspecified atom stereocenters. The van der Waals surface area contributed by atoms with Crippen molar-refractivity contribution in [3.8, 4) is 0 Å². The van der Waals surface area contributed by atoms with Gasteiger partial charge in [0.1, 0.15) is 5.82 Å². The molecule has 2 heterocycles. The highest BCUT2D eigenvalue weighted by atomic mass is 16.3. The molecule has 0 bridgehead atoms. The Bertz CT molecular complexity index is 772. The Morgan fingerprint density at radius 1 is 1.23 bits per heavy atom. The van der Waals surface area contributed by atoms with Gasteiger partial charge < -0.3 is 15.3 Å². The predicted molar refractivity (Wildman–Crippen MR) is 107 cm³/mol. The molecule has 0 spiro atoms. The quantitative estimate of drug-likeness (QED) is 0.860. The number of aliphatic hydroxyl groups excluding tert-OH is 1. The monoisotopic (exact) mass is 354 g/mol. The first-order valence-electron chi connectivity index (χ1n) is 9.36. The van der Waals surface area contributed by atoms with Crippen LogP contribution in [0.5, 0.6) is 0 Å². The molecule has 0 fully saturated rings. The van der Waals surface area contributed by atoms with Crippen LogP contribution >= 0.6 is 0 Å². The maximum atomic E-state index is 9.59.